The van der Waals surface area contributed by atoms with Crippen molar-refractivity contribution in [2.75, 3.05) is 6.61 Å². The van der Waals surface area contributed by atoms with Crippen LogP contribution in [0.2, 0.25) is 0 Å². The molecule has 1 aliphatic rings. The summed E-state index contributed by atoms with van der Waals surface area (Å²) in [6.07, 6.45) is 2.90. The Morgan fingerprint density at radius 3 is 2.15 bits per heavy atom. The van der Waals surface area contributed by atoms with Gasteiger partial charge in [0.05, 0.1) is 6.61 Å². The van der Waals surface area contributed by atoms with Gasteiger partial charge >= 0.3 is 17.9 Å². The monoisotopic (exact) mass is 540 g/mol. The van der Waals surface area contributed by atoms with Gasteiger partial charge in [0.15, 0.2) is 11.5 Å². The molecule has 0 radical (unpaired) electrons. The van der Waals surface area contributed by atoms with Gasteiger partial charge in [0.1, 0.15) is 5.82 Å². The molecular weight excluding hydrogens is 511 g/mol. The maximum absolute atomic E-state index is 15.5. The highest BCUT2D eigenvalue weighted by Gasteiger charge is 2.24. The predicted molar refractivity (Wildman–Crippen MR) is 150 cm³/mol. The maximum Gasteiger partial charge on any atom is 0.338 e. The first-order chi connectivity index (χ1) is 19.1. The molecular formula is C33H29FO6. The topological polar surface area (TPSA) is 78.9 Å². The number of benzene rings is 3. The molecule has 0 fully saturated rings. The molecule has 0 amide bonds. The van der Waals surface area contributed by atoms with E-state index in [0.29, 0.717) is 11.1 Å². The zero-order valence-corrected chi connectivity index (χ0v) is 22.4. The molecule has 3 aromatic carbocycles. The van der Waals surface area contributed by atoms with Crippen molar-refractivity contribution in [3.63, 3.8) is 0 Å². The van der Waals surface area contributed by atoms with Crippen LogP contribution in [0.1, 0.15) is 37.3 Å². The summed E-state index contributed by atoms with van der Waals surface area (Å²) in [7, 11) is 0. The number of fused-ring (bicyclic) bond motifs is 1. The van der Waals surface area contributed by atoms with E-state index in [1.807, 2.05) is 18.2 Å². The van der Waals surface area contributed by atoms with E-state index in [9.17, 15) is 14.4 Å². The fraction of sp³-hybridized carbons (Fsp3) is 0.182. The summed E-state index contributed by atoms with van der Waals surface area (Å²) in [6, 6.07) is 15.3. The maximum atomic E-state index is 15.5. The molecule has 0 saturated heterocycles. The van der Waals surface area contributed by atoms with E-state index < -0.39 is 23.7 Å². The van der Waals surface area contributed by atoms with Crippen LogP contribution in [0.25, 0.3) is 22.3 Å². The number of halogens is 1. The molecule has 204 valence electrons. The van der Waals surface area contributed by atoms with E-state index in [-0.39, 0.29) is 40.7 Å². The average molecular weight is 541 g/mol. The molecule has 0 spiro atoms. The SMILES string of the molecule is C=CC(=O)OCC1CCc2ccc(-c3ccc(-c4ccc(OC(=O)C(=C)C)c(OC(=O)C(=C)C)c4)c(F)c3)cc21. The lowest BCUT2D eigenvalue weighted by Crippen LogP contribution is -2.12. The number of carbonyl (C=O) groups is 3. The fourth-order valence-electron chi connectivity index (χ4n) is 4.42. The van der Waals surface area contributed by atoms with Crippen molar-refractivity contribution >= 4 is 17.9 Å². The van der Waals surface area contributed by atoms with Gasteiger partial charge in [-0.25, -0.2) is 18.8 Å². The largest absolute Gasteiger partial charge is 0.462 e. The Hall–Kier alpha value is -4.78. The molecule has 0 bridgehead atoms. The lowest BCUT2D eigenvalue weighted by Gasteiger charge is -2.14. The highest BCUT2D eigenvalue weighted by atomic mass is 19.1. The van der Waals surface area contributed by atoms with Crippen LogP contribution in [0.5, 0.6) is 11.5 Å². The normalized spacial score (nSPS) is 13.6. The first-order valence-electron chi connectivity index (χ1n) is 12.7. The molecule has 1 aliphatic carbocycles. The molecule has 0 saturated carbocycles. The van der Waals surface area contributed by atoms with Gasteiger partial charge in [-0.2, -0.15) is 0 Å². The smallest absolute Gasteiger partial charge is 0.338 e. The minimum Gasteiger partial charge on any atom is -0.462 e. The molecule has 1 atom stereocenters. The Kier molecular flexibility index (Phi) is 8.43. The molecule has 0 aromatic heterocycles. The van der Waals surface area contributed by atoms with Crippen LogP contribution in [0.3, 0.4) is 0 Å². The highest BCUT2D eigenvalue weighted by Crippen LogP contribution is 2.38. The molecule has 7 heteroatoms. The van der Waals surface area contributed by atoms with Crippen molar-refractivity contribution in [2.45, 2.75) is 32.6 Å². The summed E-state index contributed by atoms with van der Waals surface area (Å²) in [5, 5.41) is 0. The van der Waals surface area contributed by atoms with Crippen LogP contribution in [-0.2, 0) is 25.5 Å². The Bertz CT molecular complexity index is 1550. The van der Waals surface area contributed by atoms with Crippen molar-refractivity contribution < 1.29 is 33.0 Å². The summed E-state index contributed by atoms with van der Waals surface area (Å²) >= 11 is 0. The lowest BCUT2D eigenvalue weighted by molar-refractivity contribution is -0.138. The second-order valence-corrected chi connectivity index (χ2v) is 9.68. The van der Waals surface area contributed by atoms with Crippen molar-refractivity contribution in [3.8, 4) is 33.8 Å². The van der Waals surface area contributed by atoms with E-state index >= 15 is 4.39 Å². The summed E-state index contributed by atoms with van der Waals surface area (Å²) in [6.45, 7) is 13.8. The van der Waals surface area contributed by atoms with Crippen molar-refractivity contribution in [1.29, 1.82) is 0 Å². The van der Waals surface area contributed by atoms with Crippen LogP contribution in [0.15, 0.2) is 91.6 Å². The Morgan fingerprint density at radius 1 is 0.875 bits per heavy atom. The van der Waals surface area contributed by atoms with E-state index in [2.05, 4.69) is 19.7 Å². The van der Waals surface area contributed by atoms with Crippen molar-refractivity contribution in [3.05, 3.63) is 109 Å². The number of esters is 3. The zero-order chi connectivity index (χ0) is 29.0. The zero-order valence-electron chi connectivity index (χ0n) is 22.4. The number of hydrogen-bond acceptors (Lipinski definition) is 6. The summed E-state index contributed by atoms with van der Waals surface area (Å²) < 4.78 is 31.4. The van der Waals surface area contributed by atoms with Gasteiger partial charge in [-0.15, -0.1) is 0 Å². The molecule has 4 rings (SSSR count). The van der Waals surface area contributed by atoms with Gasteiger partial charge in [-0.05, 0) is 72.7 Å². The van der Waals surface area contributed by atoms with Gasteiger partial charge < -0.3 is 14.2 Å². The minimum absolute atomic E-state index is 0.00477. The Balaban J connectivity index is 1.63. The van der Waals surface area contributed by atoms with Crippen LogP contribution >= 0.6 is 0 Å². The quantitative estimate of drug-likeness (QED) is 0.167. The van der Waals surface area contributed by atoms with Gasteiger partial charge in [0.25, 0.3) is 0 Å². The van der Waals surface area contributed by atoms with Crippen LogP contribution in [-0.4, -0.2) is 24.5 Å². The standard InChI is InChI=1S/C33H29FO6/c1-6-31(35)38-18-25-10-8-21-7-9-22(15-27(21)25)23-11-13-26(28(34)16-23)24-12-14-29(39-32(36)19(2)3)30(17-24)40-33(37)20(4)5/h6-7,9,11-17,25H,1-2,4,8,10,18H2,3,5H3. The Labute approximate surface area is 232 Å². The highest BCUT2D eigenvalue weighted by molar-refractivity contribution is 5.91. The predicted octanol–water partition coefficient (Wildman–Crippen LogP) is 6.88. The second kappa shape index (κ2) is 11.9. The molecule has 1 unspecified atom stereocenters. The molecule has 6 nitrogen and oxygen atoms in total. The summed E-state index contributed by atoms with van der Waals surface area (Å²) in [4.78, 5) is 35.8. The summed E-state index contributed by atoms with van der Waals surface area (Å²) in [5.41, 5.74) is 4.79. The number of ether oxygens (including phenoxy) is 3. The molecule has 0 N–H and O–H groups in total. The third-order valence-corrected chi connectivity index (χ3v) is 6.60. The van der Waals surface area contributed by atoms with Crippen molar-refractivity contribution in [2.24, 2.45) is 0 Å². The van der Waals surface area contributed by atoms with E-state index in [4.69, 9.17) is 14.2 Å². The van der Waals surface area contributed by atoms with E-state index in [1.54, 1.807) is 18.2 Å². The van der Waals surface area contributed by atoms with Crippen LogP contribution in [0, 0.1) is 5.82 Å². The lowest BCUT2D eigenvalue weighted by atomic mass is 9.95. The third-order valence-electron chi connectivity index (χ3n) is 6.60. The summed E-state index contributed by atoms with van der Waals surface area (Å²) in [5.74, 6) is -2.33. The Morgan fingerprint density at radius 2 is 1.50 bits per heavy atom. The molecule has 0 heterocycles. The van der Waals surface area contributed by atoms with Gasteiger partial charge in [0, 0.05) is 28.7 Å². The van der Waals surface area contributed by atoms with Crippen molar-refractivity contribution in [1.82, 2.24) is 0 Å². The first-order valence-corrected chi connectivity index (χ1v) is 12.7. The number of rotatable bonds is 9. The second-order valence-electron chi connectivity index (χ2n) is 9.68. The number of carbonyl (C=O) groups excluding carboxylic acids is 3. The van der Waals surface area contributed by atoms with Gasteiger partial charge in [0.2, 0.25) is 0 Å². The van der Waals surface area contributed by atoms with E-state index in [0.717, 1.165) is 30.0 Å². The number of aryl methyl sites for hydroxylation is 1. The fourth-order valence-corrected chi connectivity index (χ4v) is 4.42. The van der Waals surface area contributed by atoms with Crippen LogP contribution in [0.4, 0.5) is 4.39 Å². The first kappa shape index (κ1) is 28.2. The molecule has 40 heavy (non-hydrogen) atoms. The third kappa shape index (κ3) is 6.26. The molecule has 3 aromatic rings. The number of hydrogen-bond donors (Lipinski definition) is 0. The minimum atomic E-state index is -0.713. The van der Waals surface area contributed by atoms with Gasteiger partial charge in [-0.3, -0.25) is 0 Å². The molecule has 0 aliphatic heterocycles. The van der Waals surface area contributed by atoms with Crippen LogP contribution < -0.4 is 9.47 Å². The average Bonchev–Trinajstić information content (AvgIpc) is 3.34. The van der Waals surface area contributed by atoms with Gasteiger partial charge in [-0.1, -0.05) is 56.1 Å². The van der Waals surface area contributed by atoms with E-state index in [1.165, 1.54) is 37.6 Å².